The Morgan fingerprint density at radius 2 is 0.873 bits per heavy atom. The zero-order valence-corrected chi connectivity index (χ0v) is 29.5. The standard InChI is InChI=1S/C50H29N5/c51-30-32-23-25-47-41(27-32)50-48(21-10-22-49(50)55-45-19-7-3-15-39(45)40-16-4-8-20-46(40)55)54(47)42-26-24-34(28-35(42)31-52)33-11-9-12-36(29-33)53-43-17-5-1-13-37(43)38-14-2-6-18-44(38)53/h1-29H. The third-order valence-electron chi connectivity index (χ3n) is 11.1. The van der Waals surface area contributed by atoms with Crippen LogP contribution in [-0.4, -0.2) is 13.7 Å². The summed E-state index contributed by atoms with van der Waals surface area (Å²) in [6.07, 6.45) is 0. The molecule has 8 aromatic carbocycles. The molecular formula is C50H29N5. The summed E-state index contributed by atoms with van der Waals surface area (Å²) in [5.74, 6) is 0. The first-order valence-corrected chi connectivity index (χ1v) is 18.3. The van der Waals surface area contributed by atoms with Gasteiger partial charge in [-0.05, 0) is 90.0 Å². The van der Waals surface area contributed by atoms with Gasteiger partial charge in [0, 0.05) is 38.0 Å². The van der Waals surface area contributed by atoms with Crippen LogP contribution in [0, 0.1) is 22.7 Å². The fraction of sp³-hybridized carbons (Fsp3) is 0. The van der Waals surface area contributed by atoms with Crippen LogP contribution in [0.5, 0.6) is 0 Å². The quantitative estimate of drug-likeness (QED) is 0.184. The topological polar surface area (TPSA) is 62.4 Å². The molecule has 0 amide bonds. The Balaban J connectivity index is 1.12. The lowest BCUT2D eigenvalue weighted by molar-refractivity contribution is 1.16. The number of para-hydroxylation sites is 4. The van der Waals surface area contributed by atoms with Crippen molar-refractivity contribution in [3.05, 3.63) is 187 Å². The van der Waals surface area contributed by atoms with Crippen LogP contribution in [-0.2, 0) is 0 Å². The van der Waals surface area contributed by atoms with Gasteiger partial charge in [-0.2, -0.15) is 10.5 Å². The molecule has 0 fully saturated rings. The van der Waals surface area contributed by atoms with Gasteiger partial charge in [0.2, 0.25) is 0 Å². The van der Waals surface area contributed by atoms with Gasteiger partial charge in [0.25, 0.3) is 0 Å². The number of aromatic nitrogens is 3. The highest BCUT2D eigenvalue weighted by Crippen LogP contribution is 2.41. The van der Waals surface area contributed by atoms with E-state index in [1.165, 1.54) is 21.5 Å². The minimum Gasteiger partial charge on any atom is -0.309 e. The number of hydrogen-bond acceptors (Lipinski definition) is 2. The maximum Gasteiger partial charge on any atom is 0.101 e. The highest BCUT2D eigenvalue weighted by atomic mass is 15.0. The molecule has 0 aliphatic heterocycles. The number of nitrogens with zero attached hydrogens (tertiary/aromatic N) is 5. The molecule has 11 aromatic rings. The number of nitriles is 2. The molecule has 0 saturated carbocycles. The Labute approximate surface area is 316 Å². The molecule has 0 spiro atoms. The van der Waals surface area contributed by atoms with Crippen LogP contribution >= 0.6 is 0 Å². The van der Waals surface area contributed by atoms with E-state index in [1.54, 1.807) is 0 Å². The van der Waals surface area contributed by atoms with Crippen molar-refractivity contribution in [1.82, 2.24) is 13.7 Å². The normalized spacial score (nSPS) is 11.6. The van der Waals surface area contributed by atoms with Gasteiger partial charge in [-0.15, -0.1) is 0 Å². The maximum atomic E-state index is 10.8. The molecule has 3 aromatic heterocycles. The van der Waals surface area contributed by atoms with E-state index in [0.717, 1.165) is 72.1 Å². The third kappa shape index (κ3) is 4.45. The Morgan fingerprint density at radius 1 is 0.345 bits per heavy atom. The summed E-state index contributed by atoms with van der Waals surface area (Å²) in [5, 5.41) is 27.6. The average Bonchev–Trinajstić information content (AvgIpc) is 3.89. The van der Waals surface area contributed by atoms with E-state index in [4.69, 9.17) is 0 Å². The van der Waals surface area contributed by atoms with Crippen molar-refractivity contribution >= 4 is 65.4 Å². The second kappa shape index (κ2) is 11.8. The number of fused-ring (bicyclic) bond motifs is 9. The Hall–Kier alpha value is -7.86. The van der Waals surface area contributed by atoms with Crippen LogP contribution in [0.15, 0.2) is 176 Å². The van der Waals surface area contributed by atoms with Crippen LogP contribution in [0.2, 0.25) is 0 Å². The van der Waals surface area contributed by atoms with Crippen molar-refractivity contribution in [1.29, 1.82) is 10.5 Å². The number of rotatable bonds is 4. The van der Waals surface area contributed by atoms with Crippen molar-refractivity contribution in [3.63, 3.8) is 0 Å². The Morgan fingerprint density at radius 3 is 1.49 bits per heavy atom. The minimum absolute atomic E-state index is 0.560. The van der Waals surface area contributed by atoms with Crippen LogP contribution in [0.1, 0.15) is 11.1 Å². The van der Waals surface area contributed by atoms with Gasteiger partial charge < -0.3 is 13.7 Å². The highest BCUT2D eigenvalue weighted by molar-refractivity contribution is 6.17. The molecule has 0 aliphatic rings. The molecule has 0 radical (unpaired) electrons. The summed E-state index contributed by atoms with van der Waals surface area (Å²) in [6.45, 7) is 0. The molecule has 0 aliphatic carbocycles. The van der Waals surface area contributed by atoms with Crippen LogP contribution in [0.3, 0.4) is 0 Å². The molecule has 55 heavy (non-hydrogen) atoms. The van der Waals surface area contributed by atoms with E-state index in [9.17, 15) is 10.5 Å². The number of hydrogen-bond donors (Lipinski definition) is 0. The third-order valence-corrected chi connectivity index (χ3v) is 11.1. The first-order chi connectivity index (χ1) is 27.2. The Kier molecular flexibility index (Phi) is 6.61. The highest BCUT2D eigenvalue weighted by Gasteiger charge is 2.21. The molecule has 0 N–H and O–H groups in total. The van der Waals surface area contributed by atoms with E-state index < -0.39 is 0 Å². The van der Waals surface area contributed by atoms with Gasteiger partial charge in [-0.3, -0.25) is 0 Å². The molecule has 3 heterocycles. The average molecular weight is 700 g/mol. The van der Waals surface area contributed by atoms with Crippen LogP contribution < -0.4 is 0 Å². The molecule has 5 heteroatoms. The first kappa shape index (κ1) is 30.7. The molecule has 5 nitrogen and oxygen atoms in total. The zero-order chi connectivity index (χ0) is 36.6. The fourth-order valence-corrected chi connectivity index (χ4v) is 8.77. The summed E-state index contributed by atoms with van der Waals surface area (Å²) in [6, 6.07) is 65.8. The van der Waals surface area contributed by atoms with E-state index in [2.05, 4.69) is 177 Å². The van der Waals surface area contributed by atoms with Crippen molar-refractivity contribution in [2.75, 3.05) is 0 Å². The minimum atomic E-state index is 0.560. The molecule has 0 unspecified atom stereocenters. The van der Waals surface area contributed by atoms with E-state index in [1.807, 2.05) is 24.3 Å². The van der Waals surface area contributed by atoms with Crippen LogP contribution in [0.25, 0.3) is 93.6 Å². The van der Waals surface area contributed by atoms with Gasteiger partial charge in [0.15, 0.2) is 0 Å². The molecule has 0 bridgehead atoms. The maximum absolute atomic E-state index is 10.8. The van der Waals surface area contributed by atoms with Gasteiger partial charge in [-0.25, -0.2) is 0 Å². The lowest BCUT2D eigenvalue weighted by Gasteiger charge is -2.14. The summed E-state index contributed by atoms with van der Waals surface area (Å²) in [7, 11) is 0. The first-order valence-electron chi connectivity index (χ1n) is 18.3. The SMILES string of the molecule is N#Cc1ccc2c(c1)c1c(-n3c4ccccc4c4ccccc43)cccc1n2-c1ccc(-c2cccc(-n3c4ccccc4c4ccccc43)c2)cc1C#N. The van der Waals surface area contributed by atoms with Crippen LogP contribution in [0.4, 0.5) is 0 Å². The van der Waals surface area contributed by atoms with Gasteiger partial charge in [-0.1, -0.05) is 97.1 Å². The smallest absolute Gasteiger partial charge is 0.101 e. The summed E-state index contributed by atoms with van der Waals surface area (Å²) in [5.41, 5.74) is 12.4. The van der Waals surface area contributed by atoms with E-state index >= 15 is 0 Å². The van der Waals surface area contributed by atoms with Gasteiger partial charge >= 0.3 is 0 Å². The lowest BCUT2D eigenvalue weighted by atomic mass is 10.0. The van der Waals surface area contributed by atoms with E-state index in [0.29, 0.717) is 11.1 Å². The summed E-state index contributed by atoms with van der Waals surface area (Å²) < 4.78 is 6.82. The molecule has 0 atom stereocenters. The van der Waals surface area contributed by atoms with Crippen molar-refractivity contribution in [3.8, 4) is 40.3 Å². The molecule has 0 saturated heterocycles. The van der Waals surface area contributed by atoms with Gasteiger partial charge in [0.05, 0.1) is 61.7 Å². The monoisotopic (exact) mass is 699 g/mol. The van der Waals surface area contributed by atoms with Gasteiger partial charge in [0.1, 0.15) is 6.07 Å². The van der Waals surface area contributed by atoms with Crippen molar-refractivity contribution in [2.45, 2.75) is 0 Å². The largest absolute Gasteiger partial charge is 0.309 e. The second-order valence-electron chi connectivity index (χ2n) is 14.0. The molecule has 254 valence electrons. The zero-order valence-electron chi connectivity index (χ0n) is 29.5. The van der Waals surface area contributed by atoms with E-state index in [-0.39, 0.29) is 0 Å². The summed E-state index contributed by atoms with van der Waals surface area (Å²) >= 11 is 0. The predicted octanol–water partition coefficient (Wildman–Crippen LogP) is 12.4. The van der Waals surface area contributed by atoms with Crippen molar-refractivity contribution in [2.24, 2.45) is 0 Å². The number of benzene rings is 8. The van der Waals surface area contributed by atoms with Crippen molar-refractivity contribution < 1.29 is 0 Å². The fourth-order valence-electron chi connectivity index (χ4n) is 8.77. The summed E-state index contributed by atoms with van der Waals surface area (Å²) in [4.78, 5) is 0. The molecular weight excluding hydrogens is 671 g/mol. The Bertz CT molecular complexity index is 3360. The molecule has 11 rings (SSSR count). The second-order valence-corrected chi connectivity index (χ2v) is 14.0. The lowest BCUT2D eigenvalue weighted by Crippen LogP contribution is -1.99. The predicted molar refractivity (Wildman–Crippen MR) is 224 cm³/mol.